The highest BCUT2D eigenvalue weighted by molar-refractivity contribution is 7.90. The molecule has 0 atom stereocenters. The number of hydrogen-bond acceptors (Lipinski definition) is 4. The first-order chi connectivity index (χ1) is 6.45. The number of sulfone groups is 1. The van der Waals surface area contributed by atoms with E-state index in [4.69, 9.17) is 5.90 Å². The minimum absolute atomic E-state index is 0.211. The summed E-state index contributed by atoms with van der Waals surface area (Å²) in [5, 5.41) is 0. The summed E-state index contributed by atoms with van der Waals surface area (Å²) in [4.78, 5) is 4.77. The van der Waals surface area contributed by atoms with Crippen LogP contribution in [-0.4, -0.2) is 14.7 Å². The molecule has 1 aromatic rings. The Morgan fingerprint density at radius 3 is 2.57 bits per heavy atom. The highest BCUT2D eigenvalue weighted by atomic mass is 32.2. The average Bonchev–Trinajstić information content (AvgIpc) is 2.07. The van der Waals surface area contributed by atoms with Crippen molar-refractivity contribution >= 4 is 9.84 Å². The molecular weight excluding hydrogens is 202 g/mol. The van der Waals surface area contributed by atoms with E-state index in [1.165, 1.54) is 6.26 Å². The summed E-state index contributed by atoms with van der Waals surface area (Å²) in [5.74, 6) is 4.91. The molecular formula is C9H13NO3S. The molecule has 5 heteroatoms. The monoisotopic (exact) mass is 215 g/mol. The molecule has 0 amide bonds. The van der Waals surface area contributed by atoms with Gasteiger partial charge in [-0.1, -0.05) is 12.1 Å². The SMILES string of the molecule is Cc1ccc(CON)cc1S(C)(=O)=O. The van der Waals surface area contributed by atoms with Crippen molar-refractivity contribution in [2.45, 2.75) is 18.4 Å². The van der Waals surface area contributed by atoms with Crippen molar-refractivity contribution in [2.24, 2.45) is 5.90 Å². The van der Waals surface area contributed by atoms with E-state index in [0.29, 0.717) is 4.90 Å². The van der Waals surface area contributed by atoms with Crippen LogP contribution < -0.4 is 5.90 Å². The van der Waals surface area contributed by atoms with E-state index < -0.39 is 9.84 Å². The second-order valence-electron chi connectivity index (χ2n) is 3.18. The Hall–Kier alpha value is -0.910. The molecule has 0 aliphatic carbocycles. The number of benzene rings is 1. The molecule has 0 heterocycles. The molecule has 14 heavy (non-hydrogen) atoms. The van der Waals surface area contributed by atoms with Crippen molar-refractivity contribution in [3.8, 4) is 0 Å². The predicted molar refractivity (Wildman–Crippen MR) is 53.3 cm³/mol. The summed E-state index contributed by atoms with van der Waals surface area (Å²) in [6.07, 6.45) is 1.18. The van der Waals surface area contributed by atoms with Gasteiger partial charge in [-0.15, -0.1) is 0 Å². The molecule has 0 unspecified atom stereocenters. The van der Waals surface area contributed by atoms with Crippen LogP contribution in [-0.2, 0) is 21.3 Å². The number of hydrogen-bond donors (Lipinski definition) is 1. The van der Waals surface area contributed by atoms with E-state index in [9.17, 15) is 8.42 Å². The number of aryl methyl sites for hydroxylation is 1. The van der Waals surface area contributed by atoms with Crippen molar-refractivity contribution in [1.29, 1.82) is 0 Å². The summed E-state index contributed by atoms with van der Waals surface area (Å²) in [6.45, 7) is 1.96. The summed E-state index contributed by atoms with van der Waals surface area (Å²) < 4.78 is 22.7. The lowest BCUT2D eigenvalue weighted by Gasteiger charge is -2.06. The zero-order valence-corrected chi connectivity index (χ0v) is 8.97. The zero-order valence-electron chi connectivity index (χ0n) is 8.15. The van der Waals surface area contributed by atoms with E-state index in [1.54, 1.807) is 25.1 Å². The third-order valence-electron chi connectivity index (χ3n) is 1.90. The summed E-state index contributed by atoms with van der Waals surface area (Å²) in [7, 11) is -3.17. The van der Waals surface area contributed by atoms with Crippen molar-refractivity contribution in [2.75, 3.05) is 6.26 Å². The molecule has 0 aliphatic heterocycles. The molecule has 0 bridgehead atoms. The van der Waals surface area contributed by atoms with Gasteiger partial charge in [0.05, 0.1) is 11.5 Å². The Bertz CT molecular complexity index is 426. The van der Waals surface area contributed by atoms with Gasteiger partial charge in [0.15, 0.2) is 9.84 Å². The van der Waals surface area contributed by atoms with Gasteiger partial charge >= 0.3 is 0 Å². The van der Waals surface area contributed by atoms with Gasteiger partial charge < -0.3 is 0 Å². The smallest absolute Gasteiger partial charge is 0.175 e. The Morgan fingerprint density at radius 1 is 1.43 bits per heavy atom. The van der Waals surface area contributed by atoms with E-state index >= 15 is 0 Å². The van der Waals surface area contributed by atoms with Gasteiger partial charge in [-0.05, 0) is 24.1 Å². The third kappa shape index (κ3) is 2.54. The summed E-state index contributed by atoms with van der Waals surface area (Å²) in [5.41, 5.74) is 1.48. The first-order valence-electron chi connectivity index (χ1n) is 4.06. The molecule has 0 radical (unpaired) electrons. The average molecular weight is 215 g/mol. The molecule has 4 nitrogen and oxygen atoms in total. The molecule has 0 spiro atoms. The molecule has 1 aromatic carbocycles. The second-order valence-corrected chi connectivity index (χ2v) is 5.17. The van der Waals surface area contributed by atoms with Crippen LogP contribution in [0.1, 0.15) is 11.1 Å². The largest absolute Gasteiger partial charge is 0.300 e. The first kappa shape index (κ1) is 11.2. The highest BCUT2D eigenvalue weighted by Crippen LogP contribution is 2.17. The van der Waals surface area contributed by atoms with Crippen LogP contribution in [0.4, 0.5) is 0 Å². The van der Waals surface area contributed by atoms with Gasteiger partial charge in [0, 0.05) is 6.26 Å². The molecule has 0 fully saturated rings. The van der Waals surface area contributed by atoms with Crippen molar-refractivity contribution in [3.63, 3.8) is 0 Å². The molecule has 0 aromatic heterocycles. The van der Waals surface area contributed by atoms with Crippen LogP contribution in [0.3, 0.4) is 0 Å². The maximum absolute atomic E-state index is 11.3. The lowest BCUT2D eigenvalue weighted by molar-refractivity contribution is 0.124. The normalized spacial score (nSPS) is 11.6. The third-order valence-corrected chi connectivity index (χ3v) is 3.14. The lowest BCUT2D eigenvalue weighted by atomic mass is 10.2. The Balaban J connectivity index is 3.22. The summed E-state index contributed by atoms with van der Waals surface area (Å²) >= 11 is 0. The molecule has 0 saturated heterocycles. The minimum atomic E-state index is -3.17. The van der Waals surface area contributed by atoms with Gasteiger partial charge in [-0.3, -0.25) is 4.84 Å². The van der Waals surface area contributed by atoms with Gasteiger partial charge in [0.25, 0.3) is 0 Å². The maximum atomic E-state index is 11.3. The van der Waals surface area contributed by atoms with Gasteiger partial charge in [-0.25, -0.2) is 14.3 Å². The lowest BCUT2D eigenvalue weighted by Crippen LogP contribution is -2.03. The Labute approximate surface area is 83.6 Å². The van der Waals surface area contributed by atoms with E-state index in [1.807, 2.05) is 0 Å². The van der Waals surface area contributed by atoms with Gasteiger partial charge in [-0.2, -0.15) is 0 Å². The van der Waals surface area contributed by atoms with E-state index in [2.05, 4.69) is 4.84 Å². The van der Waals surface area contributed by atoms with Crippen LogP contribution in [0, 0.1) is 6.92 Å². The van der Waals surface area contributed by atoms with Crippen LogP contribution in [0.5, 0.6) is 0 Å². The van der Waals surface area contributed by atoms with Crippen molar-refractivity contribution in [3.05, 3.63) is 29.3 Å². The number of nitrogens with two attached hydrogens (primary N) is 1. The standard InChI is InChI=1S/C9H13NO3S/c1-7-3-4-8(6-13-10)5-9(7)14(2,11)12/h3-5H,6,10H2,1-2H3. The highest BCUT2D eigenvalue weighted by Gasteiger charge is 2.11. The van der Waals surface area contributed by atoms with Crippen LogP contribution in [0.25, 0.3) is 0 Å². The molecule has 0 saturated carbocycles. The predicted octanol–water partition coefficient (Wildman–Crippen LogP) is 0.789. The molecule has 0 aliphatic rings. The zero-order chi connectivity index (χ0) is 10.8. The van der Waals surface area contributed by atoms with Crippen LogP contribution >= 0.6 is 0 Å². The molecule has 1 rings (SSSR count). The minimum Gasteiger partial charge on any atom is -0.300 e. The van der Waals surface area contributed by atoms with E-state index in [-0.39, 0.29) is 6.61 Å². The fourth-order valence-electron chi connectivity index (χ4n) is 1.23. The Kier molecular flexibility index (Phi) is 3.25. The quantitative estimate of drug-likeness (QED) is 0.757. The fraction of sp³-hybridized carbons (Fsp3) is 0.333. The first-order valence-corrected chi connectivity index (χ1v) is 5.95. The van der Waals surface area contributed by atoms with Crippen molar-refractivity contribution in [1.82, 2.24) is 0 Å². The van der Waals surface area contributed by atoms with E-state index in [0.717, 1.165) is 11.1 Å². The van der Waals surface area contributed by atoms with Crippen LogP contribution in [0.2, 0.25) is 0 Å². The Morgan fingerprint density at radius 2 is 2.07 bits per heavy atom. The van der Waals surface area contributed by atoms with Gasteiger partial charge in [0.2, 0.25) is 0 Å². The molecule has 2 N–H and O–H groups in total. The topological polar surface area (TPSA) is 69.4 Å². The molecule has 78 valence electrons. The number of rotatable bonds is 3. The summed E-state index contributed by atoms with van der Waals surface area (Å²) in [6, 6.07) is 5.11. The second kappa shape index (κ2) is 4.08. The fourth-order valence-corrected chi connectivity index (χ4v) is 2.25. The van der Waals surface area contributed by atoms with Crippen molar-refractivity contribution < 1.29 is 13.3 Å². The maximum Gasteiger partial charge on any atom is 0.175 e. The van der Waals surface area contributed by atoms with Crippen LogP contribution in [0.15, 0.2) is 23.1 Å². The van der Waals surface area contributed by atoms with Gasteiger partial charge in [0.1, 0.15) is 0 Å².